The number of hydrogen-bond donors (Lipinski definition) is 2. The molecule has 4 amide bonds. The lowest BCUT2D eigenvalue weighted by molar-refractivity contribution is -0.138. The summed E-state index contributed by atoms with van der Waals surface area (Å²) in [5.41, 5.74) is 13.5. The molecule has 69 heavy (non-hydrogen) atoms. The van der Waals surface area contributed by atoms with Gasteiger partial charge in [0.1, 0.15) is 29.6 Å². The third kappa shape index (κ3) is 8.89. The predicted molar refractivity (Wildman–Crippen MR) is 258 cm³/mol. The minimum atomic E-state index is -0.290. The second kappa shape index (κ2) is 18.8. The number of nitrogens with one attached hydrogen (secondary N) is 1. The van der Waals surface area contributed by atoms with Gasteiger partial charge in [0.2, 0.25) is 23.6 Å². The van der Waals surface area contributed by atoms with E-state index in [2.05, 4.69) is 53.3 Å². The molecule has 1 aliphatic carbocycles. The number of carbonyl (C=O) groups is 4. The SMILES string of the molecule is CC(C)n1nc(-c2noc(C3CC3)c2-c2ncc(C3CCN(C(=O)CCC(=O)N4CCC(CN5CCN(c6cccc7c6CCN7C6CCC(=O)NC6=O)CC5)CC4)CC3)cn2)c2c(N)ncnc21. The van der Waals surface area contributed by atoms with Gasteiger partial charge in [0.15, 0.2) is 17.2 Å². The fourth-order valence-corrected chi connectivity index (χ4v) is 11.4. The fraction of sp³-hybridized carbons (Fsp3) is 0.560. The van der Waals surface area contributed by atoms with Crippen LogP contribution in [0.3, 0.4) is 0 Å². The minimum absolute atomic E-state index is 0.0305. The largest absolute Gasteiger partial charge is 0.383 e. The molecule has 5 aliphatic heterocycles. The maximum absolute atomic E-state index is 13.4. The van der Waals surface area contributed by atoms with E-state index in [-0.39, 0.29) is 60.4 Å². The first kappa shape index (κ1) is 45.0. The highest BCUT2D eigenvalue weighted by molar-refractivity contribution is 6.02. The van der Waals surface area contributed by atoms with E-state index >= 15 is 0 Å². The predicted octanol–water partition coefficient (Wildman–Crippen LogP) is 4.69. The molecule has 0 bridgehead atoms. The van der Waals surface area contributed by atoms with E-state index in [9.17, 15) is 19.2 Å². The fourth-order valence-electron chi connectivity index (χ4n) is 11.4. The number of likely N-dealkylation sites (tertiary alicyclic amines) is 2. The van der Waals surface area contributed by atoms with Crippen LogP contribution in [-0.2, 0) is 25.6 Å². The standard InChI is InChI=1S/C50H62N14O5/c1-30(2)64-49-43(47(51)54-29-55-49)44(57-64)45-42(46(69-58-45)33-6-7-33)48-52-26-34(27-53-48)32-14-19-62(20-15-32)41(67)11-10-40(66)61-17-12-31(13-18-61)28-59-22-24-60(25-23-59)36-4-3-5-37-35(36)16-21-63(37)38-8-9-39(65)56-50(38)68/h3-5,26-27,29-33,38H,6-25,28H2,1-2H3,(H2,51,54,55)(H,56,65,68). The van der Waals surface area contributed by atoms with Crippen LogP contribution in [0.15, 0.2) is 41.4 Å². The summed E-state index contributed by atoms with van der Waals surface area (Å²) >= 11 is 0. The average molecular weight is 939 g/mol. The molecule has 6 aliphatic rings. The summed E-state index contributed by atoms with van der Waals surface area (Å²) in [7, 11) is 0. The number of fused-ring (bicyclic) bond motifs is 2. The van der Waals surface area contributed by atoms with Gasteiger partial charge in [-0.15, -0.1) is 0 Å². The number of nitrogen functional groups attached to an aromatic ring is 1. The van der Waals surface area contributed by atoms with Crippen molar-refractivity contribution in [2.75, 3.05) is 81.0 Å². The van der Waals surface area contributed by atoms with E-state index < -0.39 is 0 Å². The van der Waals surface area contributed by atoms with E-state index in [1.807, 2.05) is 40.7 Å². The van der Waals surface area contributed by atoms with Gasteiger partial charge in [-0.2, -0.15) is 5.10 Å². The highest BCUT2D eigenvalue weighted by Crippen LogP contribution is 2.48. The first-order valence-electron chi connectivity index (χ1n) is 25.1. The number of piperidine rings is 3. The van der Waals surface area contributed by atoms with Gasteiger partial charge in [-0.1, -0.05) is 11.2 Å². The van der Waals surface area contributed by atoms with Crippen LogP contribution in [0.5, 0.6) is 0 Å². The Bertz CT molecular complexity index is 2740. The van der Waals surface area contributed by atoms with Gasteiger partial charge in [0.25, 0.3) is 0 Å². The lowest BCUT2D eigenvalue weighted by atomic mass is 9.91. The molecule has 19 heteroatoms. The number of anilines is 3. The molecule has 1 aromatic carbocycles. The van der Waals surface area contributed by atoms with Crippen molar-refractivity contribution in [1.29, 1.82) is 0 Å². The van der Waals surface area contributed by atoms with Crippen LogP contribution in [0.25, 0.3) is 33.8 Å². The third-order valence-electron chi connectivity index (χ3n) is 15.5. The maximum atomic E-state index is 13.4. The van der Waals surface area contributed by atoms with Gasteiger partial charge in [-0.3, -0.25) is 29.4 Å². The topological polar surface area (TPSA) is 218 Å². The molecule has 1 atom stereocenters. The number of carbonyl (C=O) groups excluding carboxylic acids is 4. The Hall–Kier alpha value is -6.50. The zero-order valence-corrected chi connectivity index (χ0v) is 39.7. The Morgan fingerprint density at radius 3 is 2.16 bits per heavy atom. The number of benzene rings is 1. The van der Waals surface area contributed by atoms with E-state index in [1.54, 1.807) is 0 Å². The van der Waals surface area contributed by atoms with Crippen molar-refractivity contribution in [3.8, 4) is 22.8 Å². The number of nitrogens with two attached hydrogens (primary N) is 1. The Morgan fingerprint density at radius 2 is 1.48 bits per heavy atom. The van der Waals surface area contributed by atoms with Gasteiger partial charge in [-0.25, -0.2) is 24.6 Å². The van der Waals surface area contributed by atoms with Gasteiger partial charge in [0, 0.05) is 126 Å². The number of piperazine rings is 1. The Labute approximate surface area is 401 Å². The van der Waals surface area contributed by atoms with E-state index in [0.29, 0.717) is 65.9 Å². The van der Waals surface area contributed by atoms with Crippen LogP contribution in [0.1, 0.15) is 113 Å². The van der Waals surface area contributed by atoms with Gasteiger partial charge in [-0.05, 0) is 94.7 Å². The molecule has 1 saturated carbocycles. The molecule has 5 fully saturated rings. The van der Waals surface area contributed by atoms with Crippen molar-refractivity contribution in [2.45, 2.75) is 108 Å². The normalized spacial score (nSPS) is 20.9. The third-order valence-corrected chi connectivity index (χ3v) is 15.5. The summed E-state index contributed by atoms with van der Waals surface area (Å²) in [4.78, 5) is 80.8. The van der Waals surface area contributed by atoms with E-state index in [0.717, 1.165) is 120 Å². The van der Waals surface area contributed by atoms with E-state index in [1.165, 1.54) is 17.6 Å². The van der Waals surface area contributed by atoms with Crippen molar-refractivity contribution in [3.05, 3.63) is 53.8 Å². The quantitative estimate of drug-likeness (QED) is 0.162. The molecular weight excluding hydrogens is 877 g/mol. The number of aromatic nitrogens is 7. The average Bonchev–Trinajstić information content (AvgIpc) is 3.76. The molecule has 4 saturated heterocycles. The van der Waals surface area contributed by atoms with Crippen LogP contribution >= 0.6 is 0 Å². The van der Waals surface area contributed by atoms with Gasteiger partial charge < -0.3 is 29.9 Å². The van der Waals surface area contributed by atoms with Crippen LogP contribution < -0.4 is 20.9 Å². The monoisotopic (exact) mass is 939 g/mol. The zero-order chi connectivity index (χ0) is 47.3. The first-order chi connectivity index (χ1) is 33.6. The molecule has 19 nitrogen and oxygen atoms in total. The second-order valence-corrected chi connectivity index (χ2v) is 20.2. The van der Waals surface area contributed by atoms with Crippen LogP contribution in [0, 0.1) is 5.92 Å². The summed E-state index contributed by atoms with van der Waals surface area (Å²) in [6.07, 6.45) is 13.1. The van der Waals surface area contributed by atoms with Crippen molar-refractivity contribution in [2.24, 2.45) is 5.92 Å². The summed E-state index contributed by atoms with van der Waals surface area (Å²) < 4.78 is 7.79. The molecular formula is C50H62N14O5. The summed E-state index contributed by atoms with van der Waals surface area (Å²) in [5.74, 6) is 2.36. The van der Waals surface area contributed by atoms with Crippen molar-refractivity contribution in [1.82, 2.24) is 54.9 Å². The number of amides is 4. The summed E-state index contributed by atoms with van der Waals surface area (Å²) in [6, 6.07) is 6.16. The number of nitrogens with zero attached hydrogens (tertiary/aromatic N) is 12. The molecule has 1 unspecified atom stereocenters. The van der Waals surface area contributed by atoms with E-state index in [4.69, 9.17) is 25.3 Å². The highest BCUT2D eigenvalue weighted by Gasteiger charge is 2.38. The van der Waals surface area contributed by atoms with Crippen molar-refractivity contribution in [3.63, 3.8) is 0 Å². The minimum Gasteiger partial charge on any atom is -0.383 e. The maximum Gasteiger partial charge on any atom is 0.249 e. The zero-order valence-electron chi connectivity index (χ0n) is 39.7. The van der Waals surface area contributed by atoms with Crippen molar-refractivity contribution < 1.29 is 23.7 Å². The van der Waals surface area contributed by atoms with Gasteiger partial charge >= 0.3 is 0 Å². The lowest BCUT2D eigenvalue weighted by Gasteiger charge is -2.40. The highest BCUT2D eigenvalue weighted by atomic mass is 16.5. The van der Waals surface area contributed by atoms with Crippen molar-refractivity contribution >= 4 is 51.9 Å². The Morgan fingerprint density at radius 1 is 0.783 bits per heavy atom. The molecule has 5 aromatic rings. The summed E-state index contributed by atoms with van der Waals surface area (Å²) in [6.45, 7) is 12.5. The molecule has 0 spiro atoms. The van der Waals surface area contributed by atoms with Gasteiger partial charge in [0.05, 0.1) is 10.9 Å². The molecule has 0 radical (unpaired) electrons. The first-order valence-corrected chi connectivity index (χ1v) is 25.1. The molecule has 9 heterocycles. The number of hydrogen-bond acceptors (Lipinski definition) is 15. The smallest absolute Gasteiger partial charge is 0.249 e. The van der Waals surface area contributed by atoms with Crippen LogP contribution in [0.4, 0.5) is 17.2 Å². The molecule has 3 N–H and O–H groups in total. The molecule has 4 aromatic heterocycles. The lowest BCUT2D eigenvalue weighted by Crippen LogP contribution is -2.52. The number of rotatable bonds is 12. The Balaban J connectivity index is 0.626. The number of imide groups is 1. The summed E-state index contributed by atoms with van der Waals surface area (Å²) in [5, 5.41) is 12.6. The molecule has 362 valence electrons. The van der Waals surface area contributed by atoms with Crippen LogP contribution in [-0.4, -0.2) is 145 Å². The molecule has 11 rings (SSSR count). The second-order valence-electron chi connectivity index (χ2n) is 20.2. The Kier molecular flexibility index (Phi) is 12.2. The van der Waals surface area contributed by atoms with Crippen LogP contribution in [0.2, 0.25) is 0 Å².